The summed E-state index contributed by atoms with van der Waals surface area (Å²) < 4.78 is 4.84. The van der Waals surface area contributed by atoms with Crippen molar-refractivity contribution in [2.24, 2.45) is 17.6 Å². The van der Waals surface area contributed by atoms with Crippen molar-refractivity contribution >= 4 is 29.7 Å². The molecule has 9 nitrogen and oxygen atoms in total. The van der Waals surface area contributed by atoms with Gasteiger partial charge in [-0.15, -0.1) is 0 Å². The topological polar surface area (TPSA) is 136 Å². The molecule has 130 valence electrons. The molecule has 1 saturated heterocycles. The number of carbonyl (C=O) groups is 5. The van der Waals surface area contributed by atoms with E-state index in [4.69, 9.17) is 10.5 Å². The van der Waals surface area contributed by atoms with Crippen molar-refractivity contribution in [2.75, 3.05) is 6.54 Å². The van der Waals surface area contributed by atoms with E-state index in [1.807, 2.05) is 12.2 Å². The lowest BCUT2D eigenvalue weighted by atomic mass is 9.85. The molecule has 3 N–H and O–H groups in total. The van der Waals surface area contributed by atoms with Crippen LogP contribution in [0.4, 0.5) is 4.79 Å². The number of hydrogen-bond donors (Lipinski definition) is 2. The van der Waals surface area contributed by atoms with Crippen molar-refractivity contribution in [3.05, 3.63) is 12.2 Å². The van der Waals surface area contributed by atoms with Gasteiger partial charge in [0.2, 0.25) is 11.8 Å². The average molecular weight is 337 g/mol. The van der Waals surface area contributed by atoms with Crippen LogP contribution < -0.4 is 11.1 Å². The van der Waals surface area contributed by atoms with Crippen molar-refractivity contribution in [1.29, 1.82) is 0 Å². The molecule has 1 heterocycles. The van der Waals surface area contributed by atoms with E-state index < -0.39 is 24.0 Å². The Morgan fingerprint density at radius 1 is 1.25 bits per heavy atom. The first-order valence-electron chi connectivity index (χ1n) is 7.61. The number of primary amides is 1. The van der Waals surface area contributed by atoms with Crippen LogP contribution in [0.2, 0.25) is 0 Å². The number of urea groups is 1. The lowest BCUT2D eigenvalue weighted by Gasteiger charge is -2.16. The van der Waals surface area contributed by atoms with Crippen LogP contribution >= 0.6 is 0 Å². The van der Waals surface area contributed by atoms with E-state index in [-0.39, 0.29) is 36.6 Å². The monoisotopic (exact) mass is 337 g/mol. The highest BCUT2D eigenvalue weighted by Gasteiger charge is 2.46. The van der Waals surface area contributed by atoms with Crippen LogP contribution in [-0.4, -0.2) is 47.3 Å². The van der Waals surface area contributed by atoms with Crippen LogP contribution in [0.3, 0.4) is 0 Å². The maximum absolute atomic E-state index is 12.2. The van der Waals surface area contributed by atoms with Crippen molar-refractivity contribution in [1.82, 2.24) is 10.2 Å². The van der Waals surface area contributed by atoms with Crippen LogP contribution in [0.25, 0.3) is 0 Å². The summed E-state index contributed by atoms with van der Waals surface area (Å²) in [4.78, 5) is 59.2. The third-order valence-electron chi connectivity index (χ3n) is 4.06. The smallest absolute Gasteiger partial charge is 0.318 e. The Labute approximate surface area is 138 Å². The predicted octanol–water partition coefficient (Wildman–Crippen LogP) is -0.546. The summed E-state index contributed by atoms with van der Waals surface area (Å²) in [5, 5.41) is 1.79. The van der Waals surface area contributed by atoms with Gasteiger partial charge in [-0.1, -0.05) is 12.2 Å². The third kappa shape index (κ3) is 3.79. The second-order valence-electron chi connectivity index (χ2n) is 5.72. The predicted molar refractivity (Wildman–Crippen MR) is 80.0 cm³/mol. The molecular formula is C15H19N3O6. The summed E-state index contributed by atoms with van der Waals surface area (Å²) in [7, 11) is 0. The molecule has 0 aromatic heterocycles. The number of hydrogen-bond acceptors (Lipinski definition) is 6. The molecule has 0 radical (unpaired) electrons. The number of allylic oxidation sites excluding steroid dienone is 2. The molecule has 1 aliphatic heterocycles. The Kier molecular flexibility index (Phi) is 5.32. The third-order valence-corrected chi connectivity index (χ3v) is 4.06. The number of nitrogens with two attached hydrogens (primary N) is 1. The molecule has 9 heteroatoms. The molecule has 0 bridgehead atoms. The number of fused-ring (bicyclic) bond motifs is 1. The summed E-state index contributed by atoms with van der Waals surface area (Å²) in [6, 6.07) is -1.05. The number of rotatable bonds is 5. The fourth-order valence-corrected chi connectivity index (χ4v) is 2.83. The second kappa shape index (κ2) is 7.24. The zero-order valence-electron chi connectivity index (χ0n) is 13.2. The minimum absolute atomic E-state index is 0.0896. The van der Waals surface area contributed by atoms with Gasteiger partial charge in [-0.3, -0.25) is 29.4 Å². The molecule has 0 aromatic carbocycles. The SMILES string of the molecule is C[C@@H](OC(=O)CCN1C(=O)[C@H]2CC=CC[C@@H]2C1=O)C(=O)NC(N)=O. The highest BCUT2D eigenvalue weighted by molar-refractivity contribution is 6.05. The van der Waals surface area contributed by atoms with Gasteiger partial charge in [0.1, 0.15) is 0 Å². The van der Waals surface area contributed by atoms with E-state index >= 15 is 0 Å². The molecule has 0 unspecified atom stereocenters. The molecule has 5 amide bonds. The van der Waals surface area contributed by atoms with Crippen LogP contribution in [0.15, 0.2) is 12.2 Å². The molecule has 3 atom stereocenters. The van der Waals surface area contributed by atoms with Crippen LogP contribution in [0.5, 0.6) is 0 Å². The summed E-state index contributed by atoms with van der Waals surface area (Å²) in [6.07, 6.45) is 3.38. The Bertz CT molecular complexity index is 588. The molecular weight excluding hydrogens is 318 g/mol. The first-order valence-corrected chi connectivity index (χ1v) is 7.61. The molecule has 0 aromatic rings. The lowest BCUT2D eigenvalue weighted by molar-refractivity contribution is -0.155. The largest absolute Gasteiger partial charge is 0.452 e. The van der Waals surface area contributed by atoms with E-state index in [2.05, 4.69) is 0 Å². The number of imide groups is 2. The minimum atomic E-state index is -1.21. The fraction of sp³-hybridized carbons (Fsp3) is 0.533. The van der Waals surface area contributed by atoms with Gasteiger partial charge >= 0.3 is 12.0 Å². The summed E-state index contributed by atoms with van der Waals surface area (Å²) in [5.41, 5.74) is 4.79. The quantitative estimate of drug-likeness (QED) is 0.392. The number of nitrogens with zero attached hydrogens (tertiary/aromatic N) is 1. The standard InChI is InChI=1S/C15H19N3O6/c1-8(12(20)17-15(16)23)24-11(19)6-7-18-13(21)9-4-2-3-5-10(9)14(18)22/h2-3,8-10H,4-7H2,1H3,(H3,16,17,20,23)/t8-,9+,10+/m1/s1. The van der Waals surface area contributed by atoms with Crippen molar-refractivity contribution in [2.45, 2.75) is 32.3 Å². The molecule has 1 fully saturated rings. The molecule has 2 rings (SSSR count). The van der Waals surface area contributed by atoms with Crippen LogP contribution in [0, 0.1) is 11.8 Å². The second-order valence-corrected chi connectivity index (χ2v) is 5.72. The fourth-order valence-electron chi connectivity index (χ4n) is 2.83. The van der Waals surface area contributed by atoms with Gasteiger partial charge in [0.05, 0.1) is 18.3 Å². The van der Waals surface area contributed by atoms with Crippen LogP contribution in [-0.2, 0) is 23.9 Å². The summed E-state index contributed by atoms with van der Waals surface area (Å²) in [6.45, 7) is 1.19. The zero-order valence-corrected chi connectivity index (χ0v) is 13.2. The zero-order chi connectivity index (χ0) is 17.9. The summed E-state index contributed by atoms with van der Waals surface area (Å²) in [5.74, 6) is -2.85. The molecule has 2 aliphatic rings. The highest BCUT2D eigenvalue weighted by atomic mass is 16.5. The average Bonchev–Trinajstić information content (AvgIpc) is 2.76. The first-order chi connectivity index (χ1) is 11.3. The Morgan fingerprint density at radius 3 is 2.29 bits per heavy atom. The maximum atomic E-state index is 12.2. The Morgan fingerprint density at radius 2 is 1.79 bits per heavy atom. The molecule has 1 aliphatic carbocycles. The van der Waals surface area contributed by atoms with Gasteiger partial charge in [0, 0.05) is 6.54 Å². The van der Waals surface area contributed by atoms with Gasteiger partial charge in [-0.05, 0) is 19.8 Å². The van der Waals surface area contributed by atoms with Gasteiger partial charge in [0.15, 0.2) is 6.10 Å². The van der Waals surface area contributed by atoms with Crippen LogP contribution in [0.1, 0.15) is 26.2 Å². The lowest BCUT2D eigenvalue weighted by Crippen LogP contribution is -2.42. The molecule has 24 heavy (non-hydrogen) atoms. The Hall–Kier alpha value is -2.71. The number of ether oxygens (including phenoxy) is 1. The van der Waals surface area contributed by atoms with E-state index in [1.165, 1.54) is 6.92 Å². The number of nitrogens with one attached hydrogen (secondary N) is 1. The van der Waals surface area contributed by atoms with E-state index in [9.17, 15) is 24.0 Å². The van der Waals surface area contributed by atoms with E-state index in [0.29, 0.717) is 12.8 Å². The number of likely N-dealkylation sites (tertiary alicyclic amines) is 1. The number of amides is 5. The van der Waals surface area contributed by atoms with Gasteiger partial charge in [0.25, 0.3) is 5.91 Å². The van der Waals surface area contributed by atoms with Gasteiger partial charge in [-0.25, -0.2) is 4.79 Å². The van der Waals surface area contributed by atoms with Gasteiger partial charge < -0.3 is 10.5 Å². The summed E-state index contributed by atoms with van der Waals surface area (Å²) >= 11 is 0. The maximum Gasteiger partial charge on any atom is 0.318 e. The first kappa shape index (κ1) is 17.6. The normalized spacial score (nSPS) is 23.6. The van der Waals surface area contributed by atoms with Crippen molar-refractivity contribution in [3.63, 3.8) is 0 Å². The van der Waals surface area contributed by atoms with Crippen molar-refractivity contribution < 1.29 is 28.7 Å². The van der Waals surface area contributed by atoms with Crippen molar-refractivity contribution in [3.8, 4) is 0 Å². The molecule has 0 spiro atoms. The van der Waals surface area contributed by atoms with E-state index in [0.717, 1.165) is 4.90 Å². The molecule has 0 saturated carbocycles. The number of carbonyl (C=O) groups excluding carboxylic acids is 5. The van der Waals surface area contributed by atoms with Gasteiger partial charge in [-0.2, -0.15) is 0 Å². The number of esters is 1. The Balaban J connectivity index is 1.84. The van der Waals surface area contributed by atoms with E-state index in [1.54, 1.807) is 5.32 Å². The minimum Gasteiger partial charge on any atom is -0.452 e. The highest BCUT2D eigenvalue weighted by Crippen LogP contribution is 2.34.